The number of aryl methyl sites for hydroxylation is 1. The Kier molecular flexibility index (Phi) is 4.19. The zero-order chi connectivity index (χ0) is 14.7. The molecule has 7 nitrogen and oxygen atoms in total. The molecule has 3 heterocycles. The highest BCUT2D eigenvalue weighted by molar-refractivity contribution is 6.28. The molecule has 21 heavy (non-hydrogen) atoms. The Balaban J connectivity index is 1.73. The minimum atomic E-state index is 0.216. The number of piperidine rings is 1. The van der Waals surface area contributed by atoms with Crippen molar-refractivity contribution in [1.82, 2.24) is 24.5 Å². The van der Waals surface area contributed by atoms with Gasteiger partial charge in [-0.05, 0) is 30.9 Å². The van der Waals surface area contributed by atoms with E-state index < -0.39 is 0 Å². The van der Waals surface area contributed by atoms with E-state index in [4.69, 9.17) is 11.6 Å². The van der Waals surface area contributed by atoms with Gasteiger partial charge in [-0.15, -0.1) is 0 Å². The summed E-state index contributed by atoms with van der Waals surface area (Å²) in [4.78, 5) is 19.2. The molecule has 8 heteroatoms. The van der Waals surface area contributed by atoms with Crippen LogP contribution in [0.5, 0.6) is 0 Å². The second-order valence-corrected chi connectivity index (χ2v) is 5.42. The molecule has 1 fully saturated rings. The molecule has 2 aromatic rings. The summed E-state index contributed by atoms with van der Waals surface area (Å²) in [7, 11) is 1.95. The van der Waals surface area contributed by atoms with Gasteiger partial charge in [0, 0.05) is 32.5 Å². The molecule has 2 aromatic heterocycles. The maximum absolute atomic E-state index is 6.01. The van der Waals surface area contributed by atoms with E-state index in [1.54, 1.807) is 6.20 Å². The number of halogens is 1. The van der Waals surface area contributed by atoms with E-state index in [1.807, 2.05) is 17.8 Å². The van der Waals surface area contributed by atoms with Crippen molar-refractivity contribution in [3.05, 3.63) is 23.5 Å². The predicted octanol–water partition coefficient (Wildman–Crippen LogP) is 1.86. The molecule has 0 spiro atoms. The van der Waals surface area contributed by atoms with Crippen molar-refractivity contribution in [1.29, 1.82) is 0 Å². The van der Waals surface area contributed by atoms with Crippen molar-refractivity contribution in [2.75, 3.05) is 23.3 Å². The van der Waals surface area contributed by atoms with Gasteiger partial charge in [0.25, 0.3) is 0 Å². The van der Waals surface area contributed by atoms with Gasteiger partial charge >= 0.3 is 0 Å². The summed E-state index contributed by atoms with van der Waals surface area (Å²) in [5.41, 5.74) is 0. The first-order valence-electron chi connectivity index (χ1n) is 7.09. The Morgan fingerprint density at radius 1 is 1.19 bits per heavy atom. The number of imidazole rings is 1. The minimum absolute atomic E-state index is 0.216. The summed E-state index contributed by atoms with van der Waals surface area (Å²) in [5, 5.41) is 3.37. The van der Waals surface area contributed by atoms with E-state index in [0.717, 1.165) is 18.9 Å². The van der Waals surface area contributed by atoms with Crippen molar-refractivity contribution >= 4 is 23.5 Å². The summed E-state index contributed by atoms with van der Waals surface area (Å²) in [6.45, 7) is 2.49. The number of aromatic nitrogens is 5. The lowest BCUT2D eigenvalue weighted by atomic mass is 10.1. The quantitative estimate of drug-likeness (QED) is 0.929. The first kappa shape index (κ1) is 14.1. The summed E-state index contributed by atoms with van der Waals surface area (Å²) < 4.78 is 1.95. The van der Waals surface area contributed by atoms with E-state index in [-0.39, 0.29) is 5.28 Å². The smallest absolute Gasteiger partial charge is 0.231 e. The van der Waals surface area contributed by atoms with E-state index in [2.05, 4.69) is 30.2 Å². The van der Waals surface area contributed by atoms with Gasteiger partial charge in [0.1, 0.15) is 5.82 Å². The molecule has 3 rings (SSSR count). The Morgan fingerprint density at radius 3 is 2.71 bits per heavy atom. The fraction of sp³-hybridized carbons (Fsp3) is 0.538. The summed E-state index contributed by atoms with van der Waals surface area (Å²) in [5.74, 6) is 2.04. The predicted molar refractivity (Wildman–Crippen MR) is 81.4 cm³/mol. The fourth-order valence-corrected chi connectivity index (χ4v) is 2.53. The van der Waals surface area contributed by atoms with Crippen LogP contribution in [0.1, 0.15) is 25.1 Å². The molecule has 0 radical (unpaired) electrons. The second-order valence-electron chi connectivity index (χ2n) is 5.08. The van der Waals surface area contributed by atoms with Crippen LogP contribution in [0.25, 0.3) is 0 Å². The third kappa shape index (κ3) is 3.41. The zero-order valence-corrected chi connectivity index (χ0v) is 12.7. The lowest BCUT2D eigenvalue weighted by molar-refractivity contribution is 0.567. The van der Waals surface area contributed by atoms with Gasteiger partial charge in [-0.3, -0.25) is 0 Å². The molecule has 1 N–H and O–H groups in total. The standard InChI is InChI=1S/C13H18ClN7/c1-20-8-5-15-10(20)9-16-12-17-11(14)18-13(19-12)21-6-3-2-4-7-21/h5,8H,2-4,6-7,9H2,1H3,(H,16,17,18,19). The van der Waals surface area contributed by atoms with E-state index in [1.165, 1.54) is 19.3 Å². The first-order valence-corrected chi connectivity index (χ1v) is 7.47. The van der Waals surface area contributed by atoms with Gasteiger partial charge in [-0.25, -0.2) is 4.98 Å². The molecule has 1 saturated heterocycles. The number of nitrogens with zero attached hydrogens (tertiary/aromatic N) is 6. The molecule has 1 aliphatic heterocycles. The topological polar surface area (TPSA) is 71.8 Å². The van der Waals surface area contributed by atoms with Crippen LogP contribution < -0.4 is 10.2 Å². The number of hydrogen-bond donors (Lipinski definition) is 1. The highest BCUT2D eigenvalue weighted by Gasteiger charge is 2.15. The van der Waals surface area contributed by atoms with Crippen molar-refractivity contribution < 1.29 is 0 Å². The maximum atomic E-state index is 6.01. The normalized spacial score (nSPS) is 15.2. The molecule has 0 unspecified atom stereocenters. The van der Waals surface area contributed by atoms with Gasteiger partial charge in [0.2, 0.25) is 17.2 Å². The Morgan fingerprint density at radius 2 is 2.00 bits per heavy atom. The van der Waals surface area contributed by atoms with Crippen LogP contribution in [0.2, 0.25) is 5.28 Å². The van der Waals surface area contributed by atoms with Crippen LogP contribution in [0.15, 0.2) is 12.4 Å². The number of nitrogens with one attached hydrogen (secondary N) is 1. The molecule has 0 aromatic carbocycles. The lowest BCUT2D eigenvalue weighted by Gasteiger charge is -2.26. The Hall–Kier alpha value is -1.89. The van der Waals surface area contributed by atoms with Gasteiger partial charge in [0.15, 0.2) is 0 Å². The Bertz CT molecular complexity index is 606. The molecule has 0 saturated carbocycles. The third-order valence-electron chi connectivity index (χ3n) is 3.56. The molecule has 0 atom stereocenters. The first-order chi connectivity index (χ1) is 10.2. The summed E-state index contributed by atoms with van der Waals surface area (Å²) in [6, 6.07) is 0. The van der Waals surface area contributed by atoms with Gasteiger partial charge < -0.3 is 14.8 Å². The third-order valence-corrected chi connectivity index (χ3v) is 3.73. The molecule has 0 amide bonds. The van der Waals surface area contributed by atoms with E-state index >= 15 is 0 Å². The average Bonchev–Trinajstić information content (AvgIpc) is 2.91. The van der Waals surface area contributed by atoms with Gasteiger partial charge in [-0.1, -0.05) is 0 Å². The van der Waals surface area contributed by atoms with Crippen LogP contribution >= 0.6 is 11.6 Å². The van der Waals surface area contributed by atoms with Crippen molar-refractivity contribution in [2.24, 2.45) is 7.05 Å². The largest absolute Gasteiger partial charge is 0.347 e. The second kappa shape index (κ2) is 6.26. The highest BCUT2D eigenvalue weighted by Crippen LogP contribution is 2.18. The van der Waals surface area contributed by atoms with Crippen LogP contribution in [-0.2, 0) is 13.6 Å². The summed E-state index contributed by atoms with van der Waals surface area (Å²) >= 11 is 6.01. The lowest BCUT2D eigenvalue weighted by Crippen LogP contribution is -2.31. The molecule has 0 aliphatic carbocycles. The zero-order valence-electron chi connectivity index (χ0n) is 12.0. The monoisotopic (exact) mass is 307 g/mol. The van der Waals surface area contributed by atoms with Crippen molar-refractivity contribution in [2.45, 2.75) is 25.8 Å². The van der Waals surface area contributed by atoms with Crippen LogP contribution in [0.4, 0.5) is 11.9 Å². The molecular weight excluding hydrogens is 290 g/mol. The Labute approximate surface area is 128 Å². The number of anilines is 2. The van der Waals surface area contributed by atoms with Crippen molar-refractivity contribution in [3.8, 4) is 0 Å². The molecule has 112 valence electrons. The fourth-order valence-electron chi connectivity index (χ4n) is 2.38. The highest BCUT2D eigenvalue weighted by atomic mass is 35.5. The van der Waals surface area contributed by atoms with Crippen LogP contribution in [-0.4, -0.2) is 37.6 Å². The van der Waals surface area contributed by atoms with Crippen LogP contribution in [0, 0.1) is 0 Å². The van der Waals surface area contributed by atoms with Crippen LogP contribution in [0.3, 0.4) is 0 Å². The minimum Gasteiger partial charge on any atom is -0.347 e. The number of rotatable bonds is 4. The summed E-state index contributed by atoms with van der Waals surface area (Å²) in [6.07, 6.45) is 7.26. The molecule has 1 aliphatic rings. The maximum Gasteiger partial charge on any atom is 0.231 e. The SMILES string of the molecule is Cn1ccnc1CNc1nc(Cl)nc(N2CCCCC2)n1. The van der Waals surface area contributed by atoms with E-state index in [0.29, 0.717) is 18.4 Å². The molecular formula is C13H18ClN7. The molecule has 0 bridgehead atoms. The average molecular weight is 308 g/mol. The van der Waals surface area contributed by atoms with Crippen molar-refractivity contribution in [3.63, 3.8) is 0 Å². The van der Waals surface area contributed by atoms with E-state index in [9.17, 15) is 0 Å². The number of hydrogen-bond acceptors (Lipinski definition) is 6. The van der Waals surface area contributed by atoms with Gasteiger partial charge in [0.05, 0.1) is 6.54 Å². The van der Waals surface area contributed by atoms with Gasteiger partial charge in [-0.2, -0.15) is 15.0 Å².